The highest BCUT2D eigenvalue weighted by Crippen LogP contribution is 2.60. The third kappa shape index (κ3) is 1.96. The standard InChI is InChI=1S/C17H22ClN5O/c18-13-7-20-23-15(21-11-2-1-10(19)6-11)12-5-9(8-24)17(3-4-17)14(12)22-16(13)23/h7,9-11,21,24H,1-6,8,19H2/t9?,10-,11-/m1/s1. The Hall–Kier alpha value is -1.37. The van der Waals surface area contributed by atoms with Gasteiger partial charge in [-0.1, -0.05) is 11.6 Å². The van der Waals surface area contributed by atoms with Crippen molar-refractivity contribution < 1.29 is 5.11 Å². The van der Waals surface area contributed by atoms with Gasteiger partial charge in [0.05, 0.1) is 11.9 Å². The minimum Gasteiger partial charge on any atom is -0.396 e. The van der Waals surface area contributed by atoms with Crippen LogP contribution in [0, 0.1) is 5.92 Å². The van der Waals surface area contributed by atoms with Gasteiger partial charge in [0.1, 0.15) is 10.8 Å². The average molecular weight is 348 g/mol. The van der Waals surface area contributed by atoms with Crippen LogP contribution in [0.4, 0.5) is 5.82 Å². The van der Waals surface area contributed by atoms with Gasteiger partial charge in [0.25, 0.3) is 0 Å². The summed E-state index contributed by atoms with van der Waals surface area (Å²) in [6.45, 7) is 0.208. The molecule has 0 radical (unpaired) electrons. The molecule has 2 heterocycles. The van der Waals surface area contributed by atoms with Crippen LogP contribution in [-0.2, 0) is 11.8 Å². The van der Waals surface area contributed by atoms with Crippen LogP contribution in [-0.4, -0.2) is 38.4 Å². The molecule has 2 saturated carbocycles. The highest BCUT2D eigenvalue weighted by molar-refractivity contribution is 6.33. The zero-order valence-electron chi connectivity index (χ0n) is 13.5. The van der Waals surface area contributed by atoms with E-state index in [0.29, 0.717) is 16.7 Å². The molecule has 2 aromatic rings. The van der Waals surface area contributed by atoms with Crippen molar-refractivity contribution in [3.05, 3.63) is 22.5 Å². The van der Waals surface area contributed by atoms with E-state index in [1.807, 2.05) is 4.52 Å². The van der Waals surface area contributed by atoms with Crippen LogP contribution in [0.5, 0.6) is 0 Å². The van der Waals surface area contributed by atoms with Gasteiger partial charge in [-0.3, -0.25) is 0 Å². The van der Waals surface area contributed by atoms with Crippen LogP contribution in [0.3, 0.4) is 0 Å². The summed E-state index contributed by atoms with van der Waals surface area (Å²) in [6, 6.07) is 0.634. The molecule has 0 aromatic carbocycles. The van der Waals surface area contributed by atoms with Crippen LogP contribution in [0.2, 0.25) is 5.02 Å². The summed E-state index contributed by atoms with van der Waals surface area (Å²) in [7, 11) is 0. The molecule has 5 rings (SSSR count). The van der Waals surface area contributed by atoms with E-state index in [4.69, 9.17) is 22.3 Å². The molecule has 3 atom stereocenters. The van der Waals surface area contributed by atoms with E-state index in [9.17, 15) is 5.11 Å². The average Bonchev–Trinajstić information content (AvgIpc) is 2.98. The predicted octanol–water partition coefficient (Wildman–Crippen LogP) is 1.87. The van der Waals surface area contributed by atoms with E-state index in [0.717, 1.165) is 50.0 Å². The summed E-state index contributed by atoms with van der Waals surface area (Å²) in [4.78, 5) is 4.87. The molecule has 6 nitrogen and oxygen atoms in total. The first kappa shape index (κ1) is 14.9. The van der Waals surface area contributed by atoms with Gasteiger partial charge >= 0.3 is 0 Å². The molecule has 1 spiro atoms. The van der Waals surface area contributed by atoms with Crippen LogP contribution in [0.1, 0.15) is 43.4 Å². The number of nitrogens with zero attached hydrogens (tertiary/aromatic N) is 3. The second kappa shape index (κ2) is 5.07. The van der Waals surface area contributed by atoms with Gasteiger partial charge in [-0.05, 0) is 44.4 Å². The summed E-state index contributed by atoms with van der Waals surface area (Å²) in [5, 5.41) is 18.5. The molecule has 3 aliphatic carbocycles. The number of hydrogen-bond acceptors (Lipinski definition) is 5. The van der Waals surface area contributed by atoms with Gasteiger partial charge in [-0.2, -0.15) is 9.61 Å². The fourth-order valence-corrected chi connectivity index (χ4v) is 4.91. The second-order valence-electron chi connectivity index (χ2n) is 7.67. The zero-order chi connectivity index (χ0) is 16.5. The van der Waals surface area contributed by atoms with Gasteiger partial charge in [-0.15, -0.1) is 0 Å². The lowest BCUT2D eigenvalue weighted by Crippen LogP contribution is -2.23. The van der Waals surface area contributed by atoms with E-state index >= 15 is 0 Å². The number of aliphatic hydroxyl groups is 1. The van der Waals surface area contributed by atoms with Crippen molar-refractivity contribution in [3.63, 3.8) is 0 Å². The molecule has 2 aromatic heterocycles. The summed E-state index contributed by atoms with van der Waals surface area (Å²) >= 11 is 6.33. The first-order valence-electron chi connectivity index (χ1n) is 8.82. The smallest absolute Gasteiger partial charge is 0.176 e. The topological polar surface area (TPSA) is 88.5 Å². The zero-order valence-corrected chi connectivity index (χ0v) is 14.3. The Balaban J connectivity index is 1.65. The number of nitrogens with two attached hydrogens (primary N) is 1. The van der Waals surface area contributed by atoms with Crippen molar-refractivity contribution in [1.82, 2.24) is 14.6 Å². The number of anilines is 1. The maximum absolute atomic E-state index is 9.85. The summed E-state index contributed by atoms with van der Waals surface area (Å²) in [6.07, 6.45) is 7.82. The van der Waals surface area contributed by atoms with Gasteiger partial charge in [0, 0.05) is 29.7 Å². The van der Waals surface area contributed by atoms with Gasteiger partial charge < -0.3 is 16.2 Å². The van der Waals surface area contributed by atoms with Crippen molar-refractivity contribution in [2.75, 3.05) is 11.9 Å². The van der Waals surface area contributed by atoms with Crippen molar-refractivity contribution in [2.24, 2.45) is 11.7 Å². The SMILES string of the molecule is N[C@@H]1CC[C@@H](Nc2c3c(nc4c(Cl)cnn24)C2(CC2)C(CO)C3)C1. The third-order valence-corrected chi connectivity index (χ3v) is 6.50. The van der Waals surface area contributed by atoms with E-state index in [1.165, 1.54) is 5.56 Å². The van der Waals surface area contributed by atoms with Crippen LogP contribution < -0.4 is 11.1 Å². The lowest BCUT2D eigenvalue weighted by atomic mass is 9.92. The monoisotopic (exact) mass is 347 g/mol. The molecule has 7 heteroatoms. The summed E-state index contributed by atoms with van der Waals surface area (Å²) in [5.41, 5.74) is 9.18. The highest BCUT2D eigenvalue weighted by atomic mass is 35.5. The molecule has 0 bridgehead atoms. The Bertz CT molecular complexity index is 815. The molecule has 3 aliphatic rings. The Labute approximate surface area is 145 Å². The van der Waals surface area contributed by atoms with Crippen molar-refractivity contribution in [2.45, 2.75) is 56.0 Å². The fraction of sp³-hybridized carbons (Fsp3) is 0.647. The summed E-state index contributed by atoms with van der Waals surface area (Å²) < 4.78 is 1.83. The van der Waals surface area contributed by atoms with E-state index in [1.54, 1.807) is 6.20 Å². The fourth-order valence-electron chi connectivity index (χ4n) is 4.75. The van der Waals surface area contributed by atoms with Crippen LogP contribution in [0.15, 0.2) is 6.20 Å². The largest absolute Gasteiger partial charge is 0.396 e. The third-order valence-electron chi connectivity index (χ3n) is 6.23. The maximum Gasteiger partial charge on any atom is 0.176 e. The van der Waals surface area contributed by atoms with Gasteiger partial charge in [-0.25, -0.2) is 4.98 Å². The minimum atomic E-state index is 0.0575. The van der Waals surface area contributed by atoms with Crippen molar-refractivity contribution >= 4 is 23.1 Å². The first-order valence-corrected chi connectivity index (χ1v) is 9.20. The number of rotatable bonds is 3. The van der Waals surface area contributed by atoms with Gasteiger partial charge in [0.2, 0.25) is 0 Å². The molecule has 4 N–H and O–H groups in total. The number of aromatic nitrogens is 3. The maximum atomic E-state index is 9.85. The van der Waals surface area contributed by atoms with Crippen molar-refractivity contribution in [3.8, 4) is 0 Å². The molecule has 128 valence electrons. The van der Waals surface area contributed by atoms with Crippen LogP contribution >= 0.6 is 11.6 Å². The van der Waals surface area contributed by atoms with E-state index in [2.05, 4.69) is 10.4 Å². The van der Waals surface area contributed by atoms with E-state index < -0.39 is 0 Å². The number of hydrogen-bond donors (Lipinski definition) is 3. The van der Waals surface area contributed by atoms with Gasteiger partial charge in [0.15, 0.2) is 5.65 Å². The molecular weight excluding hydrogens is 326 g/mol. The highest BCUT2D eigenvalue weighted by Gasteiger charge is 2.57. The Morgan fingerprint density at radius 3 is 2.92 bits per heavy atom. The summed E-state index contributed by atoms with van der Waals surface area (Å²) in [5.74, 6) is 1.26. The Morgan fingerprint density at radius 1 is 1.42 bits per heavy atom. The van der Waals surface area contributed by atoms with E-state index in [-0.39, 0.29) is 24.0 Å². The lowest BCUT2D eigenvalue weighted by molar-refractivity contribution is 0.204. The van der Waals surface area contributed by atoms with Crippen LogP contribution in [0.25, 0.3) is 5.65 Å². The minimum absolute atomic E-state index is 0.0575. The first-order chi connectivity index (χ1) is 11.6. The number of nitrogens with one attached hydrogen (secondary N) is 1. The number of fused-ring (bicyclic) bond motifs is 3. The van der Waals surface area contributed by atoms with Crippen molar-refractivity contribution in [1.29, 1.82) is 0 Å². The Morgan fingerprint density at radius 2 is 2.25 bits per heavy atom. The second-order valence-corrected chi connectivity index (χ2v) is 8.08. The number of halogens is 1. The molecule has 0 amide bonds. The molecule has 0 aliphatic heterocycles. The molecule has 2 fully saturated rings. The molecule has 1 unspecified atom stereocenters. The molecule has 0 saturated heterocycles. The molecule has 24 heavy (non-hydrogen) atoms. The lowest BCUT2D eigenvalue weighted by Gasteiger charge is -2.19. The predicted molar refractivity (Wildman–Crippen MR) is 92.4 cm³/mol. The number of aliphatic hydroxyl groups excluding tert-OH is 1. The molecular formula is C17H22ClN5O. The Kier molecular flexibility index (Phi) is 3.15. The quantitative estimate of drug-likeness (QED) is 0.788. The normalized spacial score (nSPS) is 30.2.